The third-order valence-electron chi connectivity index (χ3n) is 4.97. The van der Waals surface area contributed by atoms with Gasteiger partial charge >= 0.3 is 0 Å². The third-order valence-corrected chi connectivity index (χ3v) is 4.97. The Balaban J connectivity index is 1.52. The van der Waals surface area contributed by atoms with Gasteiger partial charge < -0.3 is 19.9 Å². The average Bonchev–Trinajstić information content (AvgIpc) is 3.26. The number of carbonyl (C=O) groups excluding carboxylic acids is 2. The van der Waals surface area contributed by atoms with E-state index in [1.807, 2.05) is 35.0 Å². The zero-order valence-corrected chi connectivity index (χ0v) is 19.0. The van der Waals surface area contributed by atoms with Gasteiger partial charge in [0, 0.05) is 36.7 Å². The number of carbonyl (C=O) groups is 2. The fourth-order valence-electron chi connectivity index (χ4n) is 3.08. The molecule has 3 rings (SSSR count). The van der Waals surface area contributed by atoms with E-state index < -0.39 is 6.10 Å². The zero-order chi connectivity index (χ0) is 23.1. The second-order valence-electron chi connectivity index (χ2n) is 8.70. The number of nitrogens with zero attached hydrogens (tertiary/aromatic N) is 2. The van der Waals surface area contributed by atoms with Crippen LogP contribution in [-0.4, -0.2) is 27.5 Å². The molecule has 2 aromatic carbocycles. The zero-order valence-electron chi connectivity index (χ0n) is 19.0. The normalized spacial score (nSPS) is 12.1. The Morgan fingerprint density at radius 1 is 1.06 bits per heavy atom. The molecule has 7 nitrogen and oxygen atoms in total. The molecule has 1 unspecified atom stereocenters. The predicted octanol–water partition coefficient (Wildman–Crippen LogP) is 4.62. The van der Waals surface area contributed by atoms with Gasteiger partial charge in [-0.05, 0) is 48.2 Å². The molecule has 0 spiro atoms. The number of rotatable bonds is 8. The van der Waals surface area contributed by atoms with Crippen LogP contribution in [0.5, 0.6) is 5.75 Å². The first-order chi connectivity index (χ1) is 15.2. The summed E-state index contributed by atoms with van der Waals surface area (Å²) in [6.45, 7) is 8.70. The van der Waals surface area contributed by atoms with Crippen LogP contribution < -0.4 is 15.4 Å². The van der Waals surface area contributed by atoms with Gasteiger partial charge in [-0.1, -0.05) is 39.0 Å². The fraction of sp³-hybridized carbons (Fsp3) is 0.320. The minimum Gasteiger partial charge on any atom is -0.481 e. The van der Waals surface area contributed by atoms with Gasteiger partial charge in [-0.25, -0.2) is 4.98 Å². The maximum absolute atomic E-state index is 12.6. The molecular formula is C25H30N4O3. The lowest BCUT2D eigenvalue weighted by Crippen LogP contribution is -2.30. The molecule has 2 N–H and O–H groups in total. The monoisotopic (exact) mass is 434 g/mol. The van der Waals surface area contributed by atoms with E-state index in [1.165, 1.54) is 5.56 Å². The van der Waals surface area contributed by atoms with Crippen molar-refractivity contribution in [2.45, 2.75) is 52.2 Å². The summed E-state index contributed by atoms with van der Waals surface area (Å²) >= 11 is 0. The number of aromatic nitrogens is 2. The number of anilines is 2. The van der Waals surface area contributed by atoms with E-state index in [-0.39, 0.29) is 17.2 Å². The van der Waals surface area contributed by atoms with Crippen molar-refractivity contribution in [1.82, 2.24) is 9.55 Å². The van der Waals surface area contributed by atoms with Crippen LogP contribution >= 0.6 is 0 Å². The van der Waals surface area contributed by atoms with Crippen LogP contribution in [0.15, 0.2) is 67.3 Å². The maximum atomic E-state index is 12.6. The van der Waals surface area contributed by atoms with Crippen molar-refractivity contribution in [3.05, 3.63) is 72.8 Å². The molecule has 0 fully saturated rings. The van der Waals surface area contributed by atoms with E-state index in [4.69, 9.17) is 4.74 Å². The maximum Gasteiger partial charge on any atom is 0.265 e. The van der Waals surface area contributed by atoms with Crippen LogP contribution in [0.25, 0.3) is 0 Å². The van der Waals surface area contributed by atoms with Crippen molar-refractivity contribution in [1.29, 1.82) is 0 Å². The molecule has 2 amide bonds. The summed E-state index contributed by atoms with van der Waals surface area (Å²) in [6.07, 6.45) is 4.81. The highest BCUT2D eigenvalue weighted by atomic mass is 16.5. The highest BCUT2D eigenvalue weighted by Crippen LogP contribution is 2.25. The van der Waals surface area contributed by atoms with Crippen LogP contribution in [0.1, 0.15) is 39.7 Å². The molecule has 0 aliphatic carbocycles. The lowest BCUT2D eigenvalue weighted by atomic mass is 9.87. The number of imidazole rings is 1. The smallest absolute Gasteiger partial charge is 0.265 e. The molecule has 0 saturated carbocycles. The van der Waals surface area contributed by atoms with Crippen molar-refractivity contribution >= 4 is 23.2 Å². The number of hydrogen-bond acceptors (Lipinski definition) is 4. The highest BCUT2D eigenvalue weighted by Gasteiger charge is 2.17. The van der Waals surface area contributed by atoms with E-state index >= 15 is 0 Å². The molecule has 0 saturated heterocycles. The second-order valence-corrected chi connectivity index (χ2v) is 8.70. The van der Waals surface area contributed by atoms with Crippen LogP contribution in [-0.2, 0) is 21.5 Å². The Morgan fingerprint density at radius 3 is 2.38 bits per heavy atom. The summed E-state index contributed by atoms with van der Waals surface area (Å²) in [5.74, 6) is 0.255. The Labute approximate surface area is 188 Å². The van der Waals surface area contributed by atoms with Gasteiger partial charge in [0.1, 0.15) is 5.75 Å². The topological polar surface area (TPSA) is 85.3 Å². The van der Waals surface area contributed by atoms with Crippen LogP contribution in [0.2, 0.25) is 0 Å². The number of ether oxygens (including phenoxy) is 1. The summed E-state index contributed by atoms with van der Waals surface area (Å²) in [6, 6.07) is 14.8. The molecule has 168 valence electrons. The molecule has 1 aromatic heterocycles. The average molecular weight is 435 g/mol. The number of aryl methyl sites for hydroxylation is 1. The van der Waals surface area contributed by atoms with E-state index in [0.717, 1.165) is 0 Å². The van der Waals surface area contributed by atoms with Crippen LogP contribution in [0, 0.1) is 0 Å². The third kappa shape index (κ3) is 6.70. The summed E-state index contributed by atoms with van der Waals surface area (Å²) in [7, 11) is 0. The second kappa shape index (κ2) is 10.1. The highest BCUT2D eigenvalue weighted by molar-refractivity contribution is 5.96. The van der Waals surface area contributed by atoms with E-state index in [1.54, 1.807) is 43.7 Å². The Bertz CT molecular complexity index is 1040. The van der Waals surface area contributed by atoms with Gasteiger partial charge in [0.25, 0.3) is 5.91 Å². The first-order valence-corrected chi connectivity index (χ1v) is 10.6. The van der Waals surface area contributed by atoms with Crippen molar-refractivity contribution < 1.29 is 14.3 Å². The quantitative estimate of drug-likeness (QED) is 0.542. The number of hydrogen-bond donors (Lipinski definition) is 2. The van der Waals surface area contributed by atoms with Crippen molar-refractivity contribution in [3.63, 3.8) is 0 Å². The summed E-state index contributed by atoms with van der Waals surface area (Å²) in [4.78, 5) is 28.7. The lowest BCUT2D eigenvalue weighted by molar-refractivity contribution is -0.122. The molecule has 1 atom stereocenters. The molecule has 7 heteroatoms. The van der Waals surface area contributed by atoms with Crippen molar-refractivity contribution in [3.8, 4) is 5.75 Å². The van der Waals surface area contributed by atoms with Crippen molar-refractivity contribution in [2.75, 3.05) is 10.6 Å². The minimum absolute atomic E-state index is 0.0570. The summed E-state index contributed by atoms with van der Waals surface area (Å²) < 4.78 is 7.63. The Kier molecular flexibility index (Phi) is 7.30. The molecule has 3 aromatic rings. The van der Waals surface area contributed by atoms with Gasteiger partial charge in [-0.2, -0.15) is 0 Å². The Hall–Kier alpha value is -3.61. The SMILES string of the molecule is CC(Oc1ccc(C(C)(C)C)cc1)C(=O)Nc1cccc(NC(=O)CCn2ccnc2)c1. The van der Waals surface area contributed by atoms with E-state index in [2.05, 4.69) is 36.4 Å². The van der Waals surface area contributed by atoms with Crippen LogP contribution in [0.3, 0.4) is 0 Å². The molecule has 0 bridgehead atoms. The minimum atomic E-state index is -0.677. The first kappa shape index (κ1) is 23.1. The summed E-state index contributed by atoms with van der Waals surface area (Å²) in [5, 5.41) is 5.69. The first-order valence-electron chi connectivity index (χ1n) is 10.6. The predicted molar refractivity (Wildman–Crippen MR) is 126 cm³/mol. The largest absolute Gasteiger partial charge is 0.481 e. The van der Waals surface area contributed by atoms with Gasteiger partial charge in [0.05, 0.1) is 6.33 Å². The van der Waals surface area contributed by atoms with E-state index in [0.29, 0.717) is 30.1 Å². The van der Waals surface area contributed by atoms with Gasteiger partial charge in [0.15, 0.2) is 6.10 Å². The molecule has 1 heterocycles. The molecule has 32 heavy (non-hydrogen) atoms. The molecule has 0 aliphatic heterocycles. The Morgan fingerprint density at radius 2 is 1.75 bits per heavy atom. The fourth-order valence-corrected chi connectivity index (χ4v) is 3.08. The number of nitrogens with one attached hydrogen (secondary N) is 2. The molecule has 0 aliphatic rings. The molecule has 0 radical (unpaired) electrons. The standard InChI is InChI=1S/C25H30N4O3/c1-18(32-22-10-8-19(9-11-22)25(2,3)4)24(31)28-21-7-5-6-20(16-21)27-23(30)12-14-29-15-13-26-17-29/h5-11,13,15-18H,12,14H2,1-4H3,(H,27,30)(H,28,31). The number of amides is 2. The summed E-state index contributed by atoms with van der Waals surface area (Å²) in [5.41, 5.74) is 2.46. The molecular weight excluding hydrogens is 404 g/mol. The van der Waals surface area contributed by atoms with Crippen molar-refractivity contribution in [2.24, 2.45) is 0 Å². The lowest BCUT2D eigenvalue weighted by Gasteiger charge is -2.20. The number of benzene rings is 2. The van der Waals surface area contributed by atoms with E-state index in [9.17, 15) is 9.59 Å². The van der Waals surface area contributed by atoms with Gasteiger partial charge in [0.2, 0.25) is 5.91 Å². The van der Waals surface area contributed by atoms with Crippen LogP contribution in [0.4, 0.5) is 11.4 Å². The van der Waals surface area contributed by atoms with Gasteiger partial charge in [-0.3, -0.25) is 9.59 Å². The van der Waals surface area contributed by atoms with Gasteiger partial charge in [-0.15, -0.1) is 0 Å².